The lowest BCUT2D eigenvalue weighted by molar-refractivity contribution is 0.341. The van der Waals surface area contributed by atoms with Crippen LogP contribution in [0.15, 0.2) is 47.8 Å². The first-order valence-electron chi connectivity index (χ1n) is 6.47. The molecule has 0 unspecified atom stereocenters. The maximum absolute atomic E-state index is 11.3. The van der Waals surface area contributed by atoms with Gasteiger partial charge in [-0.05, 0) is 36.4 Å². The fourth-order valence-corrected chi connectivity index (χ4v) is 2.38. The van der Waals surface area contributed by atoms with Crippen molar-refractivity contribution in [3.05, 3.63) is 52.5 Å². The number of hydrogen-bond donors (Lipinski definition) is 0. The van der Waals surface area contributed by atoms with E-state index in [1.54, 1.807) is 22.7 Å². The van der Waals surface area contributed by atoms with Gasteiger partial charge in [-0.25, -0.2) is 4.98 Å². The molecule has 0 fully saturated rings. The van der Waals surface area contributed by atoms with Crippen LogP contribution >= 0.6 is 11.6 Å². The standard InChI is InChI=1S/C15H12ClN3O2/c1-2-21-12-6-4-3-5-11(12)14-15(18-20)19-9-10(16)7-8-13(19)17-14/h3-9H,2H2,1H3. The maximum Gasteiger partial charge on any atom is 0.209 e. The summed E-state index contributed by atoms with van der Waals surface area (Å²) in [5.41, 5.74) is 1.82. The molecule has 21 heavy (non-hydrogen) atoms. The molecule has 0 saturated carbocycles. The van der Waals surface area contributed by atoms with E-state index in [2.05, 4.69) is 10.2 Å². The van der Waals surface area contributed by atoms with Crippen LogP contribution in [0.2, 0.25) is 5.02 Å². The van der Waals surface area contributed by atoms with E-state index in [4.69, 9.17) is 16.3 Å². The van der Waals surface area contributed by atoms with E-state index in [1.807, 2.05) is 31.2 Å². The van der Waals surface area contributed by atoms with Crippen LogP contribution in [0, 0.1) is 4.91 Å². The Bertz CT molecular complexity index is 814. The summed E-state index contributed by atoms with van der Waals surface area (Å²) in [6.45, 7) is 2.43. The van der Waals surface area contributed by atoms with Gasteiger partial charge in [-0.2, -0.15) is 0 Å². The van der Waals surface area contributed by atoms with E-state index in [1.165, 1.54) is 0 Å². The van der Waals surface area contributed by atoms with Gasteiger partial charge in [0.15, 0.2) is 0 Å². The summed E-state index contributed by atoms with van der Waals surface area (Å²) >= 11 is 5.97. The van der Waals surface area contributed by atoms with E-state index in [0.717, 1.165) is 5.56 Å². The third-order valence-electron chi connectivity index (χ3n) is 3.09. The minimum atomic E-state index is 0.208. The lowest BCUT2D eigenvalue weighted by Crippen LogP contribution is -1.94. The summed E-state index contributed by atoms with van der Waals surface area (Å²) in [5, 5.41) is 3.62. The van der Waals surface area contributed by atoms with E-state index in [-0.39, 0.29) is 5.82 Å². The van der Waals surface area contributed by atoms with Gasteiger partial charge in [0.05, 0.1) is 11.6 Å². The Hall–Kier alpha value is -2.40. The quantitative estimate of drug-likeness (QED) is 0.669. The lowest BCUT2D eigenvalue weighted by Gasteiger charge is -2.07. The molecular weight excluding hydrogens is 290 g/mol. The van der Waals surface area contributed by atoms with Crippen molar-refractivity contribution >= 4 is 23.1 Å². The Labute approximate surface area is 126 Å². The van der Waals surface area contributed by atoms with Gasteiger partial charge in [-0.3, -0.25) is 4.40 Å². The zero-order valence-corrected chi connectivity index (χ0v) is 12.0. The van der Waals surface area contributed by atoms with Crippen molar-refractivity contribution in [1.82, 2.24) is 9.38 Å². The Balaban J connectivity index is 2.27. The van der Waals surface area contributed by atoms with Gasteiger partial charge < -0.3 is 4.74 Å². The summed E-state index contributed by atoms with van der Waals surface area (Å²) in [7, 11) is 0. The number of imidazole rings is 1. The van der Waals surface area contributed by atoms with Crippen molar-refractivity contribution < 1.29 is 4.74 Å². The van der Waals surface area contributed by atoms with Crippen molar-refractivity contribution in [3.8, 4) is 17.0 Å². The summed E-state index contributed by atoms with van der Waals surface area (Å²) in [6, 6.07) is 10.9. The second-order valence-electron chi connectivity index (χ2n) is 4.38. The number of para-hydroxylation sites is 1. The van der Waals surface area contributed by atoms with Crippen molar-refractivity contribution in [2.45, 2.75) is 6.92 Å². The molecule has 0 amide bonds. The second-order valence-corrected chi connectivity index (χ2v) is 4.82. The molecule has 0 aliphatic carbocycles. The van der Waals surface area contributed by atoms with Crippen molar-refractivity contribution in [2.75, 3.05) is 6.61 Å². The minimum Gasteiger partial charge on any atom is -0.493 e. The van der Waals surface area contributed by atoms with Gasteiger partial charge in [0.2, 0.25) is 5.82 Å². The van der Waals surface area contributed by atoms with Crippen molar-refractivity contribution in [3.63, 3.8) is 0 Å². The molecule has 0 aliphatic rings. The number of benzene rings is 1. The topological polar surface area (TPSA) is 56.0 Å². The largest absolute Gasteiger partial charge is 0.493 e. The second kappa shape index (κ2) is 5.54. The highest BCUT2D eigenvalue weighted by molar-refractivity contribution is 6.30. The fourth-order valence-electron chi connectivity index (χ4n) is 2.22. The molecule has 3 aromatic rings. The van der Waals surface area contributed by atoms with E-state index in [9.17, 15) is 4.91 Å². The SMILES string of the molecule is CCOc1ccccc1-c1nc2ccc(Cl)cn2c1N=O. The molecule has 0 N–H and O–H groups in total. The average Bonchev–Trinajstić information content (AvgIpc) is 2.85. The smallest absolute Gasteiger partial charge is 0.209 e. The zero-order valence-electron chi connectivity index (χ0n) is 11.3. The molecule has 0 atom stereocenters. The highest BCUT2D eigenvalue weighted by Gasteiger charge is 2.18. The number of nitrogens with zero attached hydrogens (tertiary/aromatic N) is 3. The number of rotatable bonds is 4. The van der Waals surface area contributed by atoms with Crippen LogP contribution < -0.4 is 4.74 Å². The molecule has 6 heteroatoms. The fraction of sp³-hybridized carbons (Fsp3) is 0.133. The van der Waals surface area contributed by atoms with E-state index < -0.39 is 0 Å². The first-order valence-corrected chi connectivity index (χ1v) is 6.85. The molecule has 0 radical (unpaired) electrons. The highest BCUT2D eigenvalue weighted by atomic mass is 35.5. The van der Waals surface area contributed by atoms with Crippen molar-refractivity contribution in [1.29, 1.82) is 0 Å². The first-order chi connectivity index (χ1) is 10.2. The number of ether oxygens (including phenoxy) is 1. The molecule has 5 nitrogen and oxygen atoms in total. The normalized spacial score (nSPS) is 10.8. The van der Waals surface area contributed by atoms with Crippen LogP contribution in [0.3, 0.4) is 0 Å². The van der Waals surface area contributed by atoms with Crippen LogP contribution in [0.4, 0.5) is 5.82 Å². The Morgan fingerprint density at radius 3 is 2.86 bits per heavy atom. The first kappa shape index (κ1) is 13.6. The summed E-state index contributed by atoms with van der Waals surface area (Å²) in [5.74, 6) is 0.874. The van der Waals surface area contributed by atoms with Gasteiger partial charge in [-0.1, -0.05) is 23.7 Å². The van der Waals surface area contributed by atoms with Crippen LogP contribution in [-0.4, -0.2) is 16.0 Å². The number of hydrogen-bond acceptors (Lipinski definition) is 4. The van der Waals surface area contributed by atoms with Gasteiger partial charge in [0.25, 0.3) is 0 Å². The molecule has 2 aromatic heterocycles. The van der Waals surface area contributed by atoms with Crippen LogP contribution in [0.1, 0.15) is 6.92 Å². The van der Waals surface area contributed by atoms with Gasteiger partial charge >= 0.3 is 0 Å². The monoisotopic (exact) mass is 301 g/mol. The molecule has 0 saturated heterocycles. The minimum absolute atomic E-state index is 0.208. The Kier molecular flexibility index (Phi) is 3.58. The van der Waals surface area contributed by atoms with Gasteiger partial charge in [0, 0.05) is 11.8 Å². The van der Waals surface area contributed by atoms with Gasteiger partial charge in [-0.15, -0.1) is 4.91 Å². The number of halogens is 1. The Morgan fingerprint density at radius 2 is 2.10 bits per heavy atom. The highest BCUT2D eigenvalue weighted by Crippen LogP contribution is 2.36. The maximum atomic E-state index is 11.3. The molecule has 106 valence electrons. The third-order valence-corrected chi connectivity index (χ3v) is 3.31. The summed E-state index contributed by atoms with van der Waals surface area (Å²) in [4.78, 5) is 15.7. The van der Waals surface area contributed by atoms with Crippen LogP contribution in [0.25, 0.3) is 16.9 Å². The Morgan fingerprint density at radius 1 is 1.29 bits per heavy atom. The van der Waals surface area contributed by atoms with Gasteiger partial charge in [0.1, 0.15) is 17.1 Å². The van der Waals surface area contributed by atoms with Crippen molar-refractivity contribution in [2.24, 2.45) is 5.18 Å². The summed E-state index contributed by atoms with van der Waals surface area (Å²) < 4.78 is 7.17. The summed E-state index contributed by atoms with van der Waals surface area (Å²) in [6.07, 6.45) is 1.62. The predicted molar refractivity (Wildman–Crippen MR) is 82.3 cm³/mol. The number of pyridine rings is 1. The molecule has 2 heterocycles. The molecule has 0 spiro atoms. The molecule has 0 bridgehead atoms. The number of fused-ring (bicyclic) bond motifs is 1. The van der Waals surface area contributed by atoms with E-state index >= 15 is 0 Å². The molecule has 3 rings (SSSR count). The molecule has 1 aromatic carbocycles. The lowest BCUT2D eigenvalue weighted by atomic mass is 10.1. The average molecular weight is 302 g/mol. The zero-order chi connectivity index (χ0) is 14.8. The molecular formula is C15H12ClN3O2. The predicted octanol–water partition coefficient (Wildman–Crippen LogP) is 4.45. The van der Waals surface area contributed by atoms with Crippen LogP contribution in [0.5, 0.6) is 5.75 Å². The number of aromatic nitrogens is 2. The molecule has 0 aliphatic heterocycles. The van der Waals surface area contributed by atoms with Crippen LogP contribution in [-0.2, 0) is 0 Å². The third kappa shape index (κ3) is 2.36. The van der Waals surface area contributed by atoms with E-state index in [0.29, 0.717) is 28.7 Å². The number of nitroso groups, excluding NO2 is 1.